The number of amides is 1. The average Bonchev–Trinajstić information content (AvgIpc) is 1.90. The highest BCUT2D eigenvalue weighted by atomic mass is 19.1. The van der Waals surface area contributed by atoms with E-state index in [0.717, 1.165) is 4.90 Å². The fourth-order valence-corrected chi connectivity index (χ4v) is 0.401. The summed E-state index contributed by atoms with van der Waals surface area (Å²) in [6.07, 6.45) is 0.411. The molecule has 0 spiro atoms. The van der Waals surface area contributed by atoms with Crippen molar-refractivity contribution in [1.29, 1.82) is 0 Å². The van der Waals surface area contributed by atoms with Crippen LogP contribution in [0, 0.1) is 0 Å². The first-order chi connectivity index (χ1) is 4.26. The summed E-state index contributed by atoms with van der Waals surface area (Å²) in [5.41, 5.74) is 0. The van der Waals surface area contributed by atoms with Crippen LogP contribution >= 0.6 is 0 Å². The van der Waals surface area contributed by atoms with Crippen molar-refractivity contribution in [2.45, 2.75) is 13.4 Å². The lowest BCUT2D eigenvalue weighted by atomic mass is 10.7. The van der Waals surface area contributed by atoms with Gasteiger partial charge in [0.05, 0.1) is 0 Å². The van der Waals surface area contributed by atoms with Gasteiger partial charge in [0, 0.05) is 13.7 Å². The molecule has 0 N–H and O–H groups in total. The maximum Gasteiger partial charge on any atom is 0.280 e. The van der Waals surface area contributed by atoms with Crippen LogP contribution in [0.1, 0.15) is 6.92 Å². The minimum absolute atomic E-state index is 0.318. The van der Waals surface area contributed by atoms with E-state index in [1.54, 1.807) is 6.92 Å². The molecule has 0 radical (unpaired) electrons. The van der Waals surface area contributed by atoms with Crippen molar-refractivity contribution < 1.29 is 13.9 Å². The van der Waals surface area contributed by atoms with Gasteiger partial charge in [0.1, 0.15) is 0 Å². The Morgan fingerprint density at radius 3 is 2.56 bits per heavy atom. The number of carbonyl (C=O) groups excluding carboxylic acids is 1. The third kappa shape index (κ3) is 2.41. The number of alkyl halides is 1. The molecule has 3 nitrogen and oxygen atoms in total. The molecule has 0 aromatic rings. The topological polar surface area (TPSA) is 29.5 Å². The Hall–Kier alpha value is -0.640. The zero-order valence-corrected chi connectivity index (χ0v) is 5.50. The Labute approximate surface area is 53.4 Å². The second-order valence-corrected chi connectivity index (χ2v) is 1.46. The summed E-state index contributed by atoms with van der Waals surface area (Å²) < 4.78 is 16.5. The van der Waals surface area contributed by atoms with Crippen molar-refractivity contribution >= 4 is 6.41 Å². The third-order valence-electron chi connectivity index (χ3n) is 0.956. The van der Waals surface area contributed by atoms with Gasteiger partial charge in [-0.2, -0.15) is 4.39 Å². The van der Waals surface area contributed by atoms with Crippen molar-refractivity contribution in [3.8, 4) is 0 Å². The summed E-state index contributed by atoms with van der Waals surface area (Å²) in [6, 6.07) is 0. The van der Waals surface area contributed by atoms with Crippen molar-refractivity contribution in [3.63, 3.8) is 0 Å². The Kier molecular flexibility index (Phi) is 3.96. The minimum Gasteiger partial charge on any atom is -0.335 e. The molecule has 0 aliphatic rings. The first kappa shape index (κ1) is 8.36. The van der Waals surface area contributed by atoms with Gasteiger partial charge < -0.3 is 4.74 Å². The zero-order valence-electron chi connectivity index (χ0n) is 5.50. The van der Waals surface area contributed by atoms with Crippen molar-refractivity contribution in [2.24, 2.45) is 0 Å². The molecule has 0 aromatic heterocycles. The molecule has 0 aliphatic carbocycles. The second-order valence-electron chi connectivity index (χ2n) is 1.46. The van der Waals surface area contributed by atoms with Crippen molar-refractivity contribution in [2.75, 3.05) is 13.7 Å². The molecule has 0 rings (SSSR count). The van der Waals surface area contributed by atoms with Gasteiger partial charge in [-0.05, 0) is 6.92 Å². The third-order valence-corrected chi connectivity index (χ3v) is 0.956. The second kappa shape index (κ2) is 4.26. The summed E-state index contributed by atoms with van der Waals surface area (Å²) in [4.78, 5) is 10.8. The summed E-state index contributed by atoms with van der Waals surface area (Å²) in [6.45, 7) is 0.380. The highest BCUT2D eigenvalue weighted by Crippen LogP contribution is 1.96. The van der Waals surface area contributed by atoms with Crippen LogP contribution in [-0.4, -0.2) is 31.4 Å². The maximum absolute atomic E-state index is 12.3. The van der Waals surface area contributed by atoms with Gasteiger partial charge in [0.25, 0.3) is 6.48 Å². The molecule has 0 saturated heterocycles. The molecule has 1 atom stereocenters. The lowest BCUT2D eigenvalue weighted by Crippen LogP contribution is -2.31. The van der Waals surface area contributed by atoms with Gasteiger partial charge in [0.2, 0.25) is 6.41 Å². The summed E-state index contributed by atoms with van der Waals surface area (Å²) >= 11 is 0. The minimum atomic E-state index is -1.60. The van der Waals surface area contributed by atoms with Crippen LogP contribution in [0.15, 0.2) is 0 Å². The van der Waals surface area contributed by atoms with Crippen LogP contribution in [0.4, 0.5) is 4.39 Å². The monoisotopic (exact) mass is 135 g/mol. The number of ether oxygens (including phenoxy) is 1. The quantitative estimate of drug-likeness (QED) is 0.316. The normalized spacial score (nSPS) is 12.8. The molecule has 0 aromatic carbocycles. The van der Waals surface area contributed by atoms with Crippen LogP contribution in [-0.2, 0) is 9.53 Å². The molecule has 54 valence electrons. The van der Waals surface area contributed by atoms with Crippen LogP contribution in [0.5, 0.6) is 0 Å². The highest BCUT2D eigenvalue weighted by molar-refractivity contribution is 5.46. The van der Waals surface area contributed by atoms with Gasteiger partial charge in [-0.1, -0.05) is 0 Å². The molecule has 0 bridgehead atoms. The maximum atomic E-state index is 12.3. The average molecular weight is 135 g/mol. The lowest BCUT2D eigenvalue weighted by molar-refractivity contribution is -0.148. The van der Waals surface area contributed by atoms with Gasteiger partial charge in [-0.25, -0.2) is 0 Å². The van der Waals surface area contributed by atoms with Gasteiger partial charge in [-0.3, -0.25) is 9.69 Å². The van der Waals surface area contributed by atoms with Crippen LogP contribution < -0.4 is 0 Å². The summed E-state index contributed by atoms with van der Waals surface area (Å²) in [7, 11) is 1.21. The predicted molar refractivity (Wildman–Crippen MR) is 30.3 cm³/mol. The van der Waals surface area contributed by atoms with E-state index >= 15 is 0 Å². The summed E-state index contributed by atoms with van der Waals surface area (Å²) in [5.74, 6) is 0. The molecule has 0 saturated carbocycles. The van der Waals surface area contributed by atoms with E-state index in [0.29, 0.717) is 13.0 Å². The first-order valence-electron chi connectivity index (χ1n) is 2.64. The van der Waals surface area contributed by atoms with Gasteiger partial charge in [0.15, 0.2) is 0 Å². The molecular formula is C5H10FNO2. The van der Waals surface area contributed by atoms with Crippen molar-refractivity contribution in [1.82, 2.24) is 4.90 Å². The smallest absolute Gasteiger partial charge is 0.280 e. The number of carbonyl (C=O) groups is 1. The van der Waals surface area contributed by atoms with Gasteiger partial charge >= 0.3 is 0 Å². The number of methoxy groups -OCH3 is 1. The Morgan fingerprint density at radius 2 is 2.44 bits per heavy atom. The largest absolute Gasteiger partial charge is 0.335 e. The van der Waals surface area contributed by atoms with E-state index in [1.165, 1.54) is 7.11 Å². The SMILES string of the molecule is CCN(C=O)C(F)OC. The Morgan fingerprint density at radius 1 is 1.89 bits per heavy atom. The highest BCUT2D eigenvalue weighted by Gasteiger charge is 2.10. The molecule has 1 unspecified atom stereocenters. The van der Waals surface area contributed by atoms with E-state index in [2.05, 4.69) is 4.74 Å². The molecular weight excluding hydrogens is 125 g/mol. The fraction of sp³-hybridized carbons (Fsp3) is 0.800. The molecule has 4 heteroatoms. The Balaban J connectivity index is 3.63. The first-order valence-corrected chi connectivity index (χ1v) is 2.64. The predicted octanol–water partition coefficient (Wildman–Crippen LogP) is 0.364. The van der Waals surface area contributed by atoms with Crippen LogP contribution in [0.2, 0.25) is 0 Å². The van der Waals surface area contributed by atoms with E-state index in [4.69, 9.17) is 0 Å². The van der Waals surface area contributed by atoms with Crippen LogP contribution in [0.3, 0.4) is 0 Å². The molecule has 9 heavy (non-hydrogen) atoms. The number of hydrogen-bond acceptors (Lipinski definition) is 2. The molecule has 0 fully saturated rings. The number of hydrogen-bond donors (Lipinski definition) is 0. The molecule has 0 aliphatic heterocycles. The van der Waals surface area contributed by atoms with E-state index in [1.807, 2.05) is 0 Å². The van der Waals surface area contributed by atoms with Crippen molar-refractivity contribution in [3.05, 3.63) is 0 Å². The number of halogens is 1. The van der Waals surface area contributed by atoms with Gasteiger partial charge in [-0.15, -0.1) is 0 Å². The van der Waals surface area contributed by atoms with Crippen LogP contribution in [0.25, 0.3) is 0 Å². The van der Waals surface area contributed by atoms with E-state index < -0.39 is 6.48 Å². The fourth-order valence-electron chi connectivity index (χ4n) is 0.401. The molecule has 1 amide bonds. The lowest BCUT2D eigenvalue weighted by Gasteiger charge is -2.17. The summed E-state index contributed by atoms with van der Waals surface area (Å²) in [5, 5.41) is 0. The Bertz CT molecular complexity index is 89.0. The van der Waals surface area contributed by atoms with E-state index in [9.17, 15) is 9.18 Å². The zero-order chi connectivity index (χ0) is 7.28. The number of nitrogens with zero attached hydrogens (tertiary/aromatic N) is 1. The van der Waals surface area contributed by atoms with E-state index in [-0.39, 0.29) is 0 Å². The standard InChI is InChI=1S/C5H10FNO2/c1-3-7(4-8)5(6)9-2/h4-5H,3H2,1-2H3. The number of rotatable bonds is 4. The molecule has 0 heterocycles.